The highest BCUT2D eigenvalue weighted by Gasteiger charge is 2.35. The van der Waals surface area contributed by atoms with Crippen molar-refractivity contribution in [3.63, 3.8) is 0 Å². The molecule has 2 amide bonds. The molecule has 170 valence electrons. The van der Waals surface area contributed by atoms with Crippen LogP contribution < -0.4 is 5.32 Å². The molecule has 1 N–H and O–H groups in total. The third-order valence-corrected chi connectivity index (χ3v) is 7.01. The molecule has 2 aromatic rings. The topological polar surface area (TPSA) is 61.8 Å². The fourth-order valence-electron chi connectivity index (χ4n) is 3.35. The number of carbonyl (C=O) groups is 2. The monoisotopic (exact) mass is 535 g/mol. The predicted octanol–water partition coefficient (Wildman–Crippen LogP) is 7.03. The minimum Gasteiger partial charge on any atom is -0.325 e. The molecule has 1 atom stereocenters. The van der Waals surface area contributed by atoms with Crippen molar-refractivity contribution in [2.24, 2.45) is 4.99 Å². The second kappa shape index (κ2) is 12.4. The van der Waals surface area contributed by atoms with Crippen molar-refractivity contribution in [1.29, 1.82) is 0 Å². The zero-order valence-electron chi connectivity index (χ0n) is 18.0. The lowest BCUT2D eigenvalue weighted by molar-refractivity contribution is -0.129. The molecule has 0 radical (unpaired) electrons. The fraction of sp³-hybridized carbons (Fsp3) is 0.375. The highest BCUT2D eigenvalue weighted by molar-refractivity contribution is 9.10. The third-order valence-electron chi connectivity index (χ3n) is 5.06. The molecule has 5 nitrogen and oxygen atoms in total. The Morgan fingerprint density at radius 2 is 1.94 bits per heavy atom. The summed E-state index contributed by atoms with van der Waals surface area (Å²) < 4.78 is 0.934. The maximum Gasteiger partial charge on any atom is 0.238 e. The summed E-state index contributed by atoms with van der Waals surface area (Å²) in [6.07, 6.45) is 5.66. The number of amidine groups is 1. The van der Waals surface area contributed by atoms with Crippen LogP contribution in [0.3, 0.4) is 0 Å². The van der Waals surface area contributed by atoms with Gasteiger partial charge in [-0.05, 0) is 48.9 Å². The normalized spacial score (nSPS) is 17.6. The van der Waals surface area contributed by atoms with Gasteiger partial charge in [0.1, 0.15) is 5.25 Å². The van der Waals surface area contributed by atoms with E-state index in [1.807, 2.05) is 36.4 Å². The van der Waals surface area contributed by atoms with Gasteiger partial charge in [0.15, 0.2) is 5.17 Å². The summed E-state index contributed by atoms with van der Waals surface area (Å²) in [6.45, 7) is 2.79. The van der Waals surface area contributed by atoms with Crippen molar-refractivity contribution >= 4 is 67.6 Å². The summed E-state index contributed by atoms with van der Waals surface area (Å²) in [4.78, 5) is 32.3. The van der Waals surface area contributed by atoms with Gasteiger partial charge in [-0.15, -0.1) is 0 Å². The van der Waals surface area contributed by atoms with Crippen LogP contribution in [0.1, 0.15) is 45.4 Å². The van der Waals surface area contributed by atoms with Gasteiger partial charge in [0.2, 0.25) is 11.8 Å². The van der Waals surface area contributed by atoms with Crippen LogP contribution in [0.15, 0.2) is 58.0 Å². The molecule has 8 heteroatoms. The van der Waals surface area contributed by atoms with Crippen LogP contribution >= 0.6 is 39.3 Å². The van der Waals surface area contributed by atoms with Crippen LogP contribution in [0.25, 0.3) is 0 Å². The van der Waals surface area contributed by atoms with Gasteiger partial charge in [-0.25, -0.2) is 4.99 Å². The molecule has 3 rings (SSSR count). The van der Waals surface area contributed by atoms with Gasteiger partial charge < -0.3 is 5.32 Å². The lowest BCUT2D eigenvalue weighted by Gasteiger charge is -2.32. The highest BCUT2D eigenvalue weighted by atomic mass is 79.9. The molecule has 0 aromatic heterocycles. The maximum atomic E-state index is 13.0. The number of anilines is 1. The number of carbonyl (C=O) groups excluding carboxylic acids is 2. The van der Waals surface area contributed by atoms with Crippen LogP contribution in [0.5, 0.6) is 0 Å². The predicted molar refractivity (Wildman–Crippen MR) is 138 cm³/mol. The zero-order chi connectivity index (χ0) is 22.9. The summed E-state index contributed by atoms with van der Waals surface area (Å²) in [7, 11) is 0. The number of aliphatic imine (C=N–C) groups is 1. The summed E-state index contributed by atoms with van der Waals surface area (Å²) in [6, 6.07) is 14.6. The van der Waals surface area contributed by atoms with E-state index in [9.17, 15) is 9.59 Å². The molecule has 2 aromatic carbocycles. The van der Waals surface area contributed by atoms with Crippen LogP contribution in [-0.2, 0) is 9.59 Å². The highest BCUT2D eigenvalue weighted by Crippen LogP contribution is 2.31. The molecule has 0 aliphatic carbocycles. The Balaban J connectivity index is 1.75. The number of nitrogens with zero attached hydrogens (tertiary/aromatic N) is 2. The number of benzene rings is 2. The first kappa shape index (κ1) is 24.8. The van der Waals surface area contributed by atoms with Crippen molar-refractivity contribution < 1.29 is 9.59 Å². The van der Waals surface area contributed by atoms with Crippen molar-refractivity contribution in [2.45, 2.75) is 50.7 Å². The van der Waals surface area contributed by atoms with E-state index in [0.717, 1.165) is 23.7 Å². The Morgan fingerprint density at radius 3 is 2.66 bits per heavy atom. The summed E-state index contributed by atoms with van der Waals surface area (Å²) in [5.41, 5.74) is 1.36. The first-order valence-corrected chi connectivity index (χ1v) is 12.9. The maximum absolute atomic E-state index is 13.0. The van der Waals surface area contributed by atoms with Gasteiger partial charge in [-0.2, -0.15) is 0 Å². The molecule has 1 heterocycles. The second-order valence-corrected chi connectivity index (χ2v) is 10.2. The average molecular weight is 537 g/mol. The lowest BCUT2D eigenvalue weighted by atomic mass is 10.1. The molecule has 0 spiro atoms. The number of hydrogen-bond acceptors (Lipinski definition) is 4. The number of halogens is 2. The van der Waals surface area contributed by atoms with Crippen LogP contribution in [0, 0.1) is 0 Å². The molecule has 1 aliphatic rings. The Kier molecular flexibility index (Phi) is 9.63. The van der Waals surface area contributed by atoms with Crippen molar-refractivity contribution in [2.75, 3.05) is 11.9 Å². The van der Waals surface area contributed by atoms with Crippen molar-refractivity contribution in [3.05, 3.63) is 58.0 Å². The largest absolute Gasteiger partial charge is 0.325 e. The van der Waals surface area contributed by atoms with Crippen LogP contribution in [-0.4, -0.2) is 33.7 Å². The Morgan fingerprint density at radius 1 is 1.19 bits per heavy atom. The van der Waals surface area contributed by atoms with Crippen molar-refractivity contribution in [1.82, 2.24) is 4.90 Å². The van der Waals surface area contributed by atoms with E-state index in [0.29, 0.717) is 28.1 Å². The molecule has 1 unspecified atom stereocenters. The lowest BCUT2D eigenvalue weighted by Crippen LogP contribution is -2.45. The molecule has 1 saturated heterocycles. The Labute approximate surface area is 207 Å². The SMILES string of the molecule is CCCCCCCN1C(=O)CC(C(=O)Nc2ccc(Br)cc2)SC1=Nc1cccc(Cl)c1. The first-order chi connectivity index (χ1) is 15.5. The van der Waals surface area contributed by atoms with Gasteiger partial charge in [0, 0.05) is 28.1 Å². The smallest absolute Gasteiger partial charge is 0.238 e. The minimum absolute atomic E-state index is 0.0732. The number of hydrogen-bond donors (Lipinski definition) is 1. The van der Waals surface area contributed by atoms with Crippen molar-refractivity contribution in [3.8, 4) is 0 Å². The molecular formula is C24H27BrClN3O2S. The van der Waals surface area contributed by atoms with Gasteiger partial charge in [0.25, 0.3) is 0 Å². The van der Waals surface area contributed by atoms with E-state index in [4.69, 9.17) is 16.6 Å². The fourth-order valence-corrected chi connectivity index (χ4v) is 4.92. The first-order valence-electron chi connectivity index (χ1n) is 10.8. The molecular weight excluding hydrogens is 510 g/mol. The summed E-state index contributed by atoms with van der Waals surface area (Å²) in [5.74, 6) is -0.275. The van der Waals surface area contributed by atoms with E-state index in [1.54, 1.807) is 17.0 Å². The number of unbranched alkanes of at least 4 members (excludes halogenated alkanes) is 4. The van der Waals surface area contributed by atoms with Gasteiger partial charge in [0.05, 0.1) is 5.69 Å². The number of rotatable bonds is 9. The summed E-state index contributed by atoms with van der Waals surface area (Å²) >= 11 is 10.8. The number of thioether (sulfide) groups is 1. The van der Waals surface area contributed by atoms with Crippen LogP contribution in [0.2, 0.25) is 5.02 Å². The minimum atomic E-state index is -0.541. The number of nitrogens with one attached hydrogen (secondary N) is 1. The molecule has 1 aliphatic heterocycles. The zero-order valence-corrected chi connectivity index (χ0v) is 21.2. The number of amides is 2. The molecule has 32 heavy (non-hydrogen) atoms. The Hall–Kier alpha value is -1.83. The van der Waals surface area contributed by atoms with E-state index in [1.165, 1.54) is 24.6 Å². The van der Waals surface area contributed by atoms with E-state index >= 15 is 0 Å². The standard InChI is InChI=1S/C24H27BrClN3O2S/c1-2-3-4-5-6-14-29-22(30)16-21(23(31)27-19-12-10-17(25)11-13-19)32-24(29)28-20-9-7-8-18(26)15-20/h7-13,15,21H,2-6,14,16H2,1H3,(H,27,31). The molecule has 1 fully saturated rings. The molecule has 0 saturated carbocycles. The second-order valence-electron chi connectivity index (χ2n) is 7.64. The van der Waals surface area contributed by atoms with Gasteiger partial charge >= 0.3 is 0 Å². The van der Waals surface area contributed by atoms with E-state index in [2.05, 4.69) is 28.2 Å². The summed E-state index contributed by atoms with van der Waals surface area (Å²) in [5, 5.41) is 3.49. The quantitative estimate of drug-likeness (QED) is 0.350. The third kappa shape index (κ3) is 7.36. The Bertz CT molecular complexity index is 968. The van der Waals surface area contributed by atoms with Gasteiger partial charge in [-0.1, -0.05) is 78.0 Å². The van der Waals surface area contributed by atoms with E-state index in [-0.39, 0.29) is 18.2 Å². The van der Waals surface area contributed by atoms with Gasteiger partial charge in [-0.3, -0.25) is 14.5 Å². The van der Waals surface area contributed by atoms with Crippen LogP contribution in [0.4, 0.5) is 11.4 Å². The molecule has 0 bridgehead atoms. The average Bonchev–Trinajstić information content (AvgIpc) is 2.76. The van der Waals surface area contributed by atoms with E-state index < -0.39 is 5.25 Å².